The van der Waals surface area contributed by atoms with E-state index in [2.05, 4.69) is 0 Å². The summed E-state index contributed by atoms with van der Waals surface area (Å²) in [6.07, 6.45) is 1.17. The zero-order chi connectivity index (χ0) is 11.5. The van der Waals surface area contributed by atoms with E-state index in [0.29, 0.717) is 11.0 Å². The van der Waals surface area contributed by atoms with Crippen LogP contribution < -0.4 is 0 Å². The van der Waals surface area contributed by atoms with Gasteiger partial charge in [-0.15, -0.1) is 0 Å². The summed E-state index contributed by atoms with van der Waals surface area (Å²) in [4.78, 5) is 10.5. The Morgan fingerprint density at radius 1 is 1.20 bits per heavy atom. The number of carboxylic acids is 1. The van der Waals surface area contributed by atoms with Crippen LogP contribution in [0.2, 0.25) is 0 Å². The van der Waals surface area contributed by atoms with Crippen LogP contribution in [0.1, 0.15) is 15.9 Å². The lowest BCUT2D eigenvalue weighted by atomic mass is 10.1. The molecule has 0 saturated carbocycles. The highest BCUT2D eigenvalue weighted by Gasteiger charge is 2.01. The average molecular weight is 228 g/mol. The normalized spacial score (nSPS) is 11.8. The van der Waals surface area contributed by atoms with E-state index in [1.54, 1.807) is 0 Å². The van der Waals surface area contributed by atoms with Gasteiger partial charge in [-0.2, -0.15) is 8.42 Å². The molecule has 2 N–H and O–H groups in total. The monoisotopic (exact) mass is 228 g/mol. The van der Waals surface area contributed by atoms with Crippen molar-refractivity contribution in [3.63, 3.8) is 0 Å². The number of rotatable bonds is 3. The molecule has 0 radical (unpaired) electrons. The predicted molar refractivity (Wildman–Crippen MR) is 54.0 cm³/mol. The largest absolute Gasteiger partial charge is 0.478 e. The van der Waals surface area contributed by atoms with Gasteiger partial charge in [0.1, 0.15) is 0 Å². The second-order valence-electron chi connectivity index (χ2n) is 2.74. The Labute approximate surface area is 86.4 Å². The summed E-state index contributed by atoms with van der Waals surface area (Å²) in [5.41, 5.74) is 0.594. The summed E-state index contributed by atoms with van der Waals surface area (Å²) in [5.74, 6) is -1.06. The third-order valence-corrected chi connectivity index (χ3v) is 2.07. The molecule has 1 aromatic rings. The molecule has 0 saturated heterocycles. The van der Waals surface area contributed by atoms with Crippen LogP contribution in [0.5, 0.6) is 0 Å². The molecule has 80 valence electrons. The molecule has 0 aliphatic carbocycles. The molecule has 0 atom stereocenters. The average Bonchev–Trinajstić information content (AvgIpc) is 2.14. The second-order valence-corrected chi connectivity index (χ2v) is 4.05. The fraction of sp³-hybridized carbons (Fsp3) is 0. The van der Waals surface area contributed by atoms with Crippen LogP contribution in [0.15, 0.2) is 29.7 Å². The van der Waals surface area contributed by atoms with Gasteiger partial charge >= 0.3 is 5.97 Å². The third-order valence-electron chi connectivity index (χ3n) is 1.59. The maximum atomic E-state index is 10.5. The van der Waals surface area contributed by atoms with Crippen LogP contribution in [0.4, 0.5) is 0 Å². The molecular formula is C9H8O5S. The molecule has 1 rings (SSSR count). The van der Waals surface area contributed by atoms with Crippen LogP contribution in [-0.2, 0) is 10.1 Å². The van der Waals surface area contributed by atoms with Gasteiger partial charge in [0.2, 0.25) is 0 Å². The molecule has 6 heteroatoms. The first-order valence-electron chi connectivity index (χ1n) is 3.87. The molecule has 0 unspecified atom stereocenters. The number of aromatic carboxylic acids is 1. The van der Waals surface area contributed by atoms with Crippen LogP contribution >= 0.6 is 0 Å². The summed E-state index contributed by atoms with van der Waals surface area (Å²) >= 11 is 0. The van der Waals surface area contributed by atoms with Gasteiger partial charge in [-0.3, -0.25) is 4.55 Å². The minimum absolute atomic E-state index is 0.110. The lowest BCUT2D eigenvalue weighted by Gasteiger charge is -1.95. The van der Waals surface area contributed by atoms with Gasteiger partial charge in [0, 0.05) is 0 Å². The number of carboxylic acid groups (broad SMARTS) is 1. The highest BCUT2D eigenvalue weighted by Crippen LogP contribution is 2.06. The summed E-state index contributed by atoms with van der Waals surface area (Å²) in [7, 11) is -4.15. The first kappa shape index (κ1) is 11.4. The molecular weight excluding hydrogens is 220 g/mol. The summed E-state index contributed by atoms with van der Waals surface area (Å²) in [6.45, 7) is 0. The fourth-order valence-electron chi connectivity index (χ4n) is 0.901. The van der Waals surface area contributed by atoms with Crippen molar-refractivity contribution in [3.05, 3.63) is 40.8 Å². The highest BCUT2D eigenvalue weighted by atomic mass is 32.2. The zero-order valence-corrected chi connectivity index (χ0v) is 8.31. The Morgan fingerprint density at radius 2 is 1.73 bits per heavy atom. The van der Waals surface area contributed by atoms with Crippen molar-refractivity contribution in [1.29, 1.82) is 0 Å². The Balaban J connectivity index is 2.91. The quantitative estimate of drug-likeness (QED) is 0.759. The third kappa shape index (κ3) is 3.92. The zero-order valence-electron chi connectivity index (χ0n) is 7.49. The maximum absolute atomic E-state index is 10.5. The number of hydrogen-bond acceptors (Lipinski definition) is 3. The lowest BCUT2D eigenvalue weighted by Crippen LogP contribution is -1.95. The molecule has 0 aliphatic rings. The topological polar surface area (TPSA) is 91.7 Å². The van der Waals surface area contributed by atoms with Gasteiger partial charge in [-0.05, 0) is 23.8 Å². The molecule has 0 aliphatic heterocycles. The standard InChI is InChI=1S/C9H8O5S/c10-9(11)8-3-1-7(2-4-8)5-6-15(12,13)14/h1-6H,(H,10,11)(H,12,13,14). The first-order valence-corrected chi connectivity index (χ1v) is 5.38. The van der Waals surface area contributed by atoms with E-state index in [0.717, 1.165) is 0 Å². The molecule has 0 fully saturated rings. The molecule has 1 aromatic carbocycles. The van der Waals surface area contributed by atoms with E-state index >= 15 is 0 Å². The van der Waals surface area contributed by atoms with Gasteiger partial charge in [-0.25, -0.2) is 4.79 Å². The van der Waals surface area contributed by atoms with E-state index in [1.807, 2.05) is 0 Å². The molecule has 5 nitrogen and oxygen atoms in total. The molecule has 0 aromatic heterocycles. The van der Waals surface area contributed by atoms with Crippen molar-refractivity contribution >= 4 is 22.2 Å². The Morgan fingerprint density at radius 3 is 2.13 bits per heavy atom. The Kier molecular flexibility index (Phi) is 3.23. The van der Waals surface area contributed by atoms with Crippen LogP contribution in [0, 0.1) is 0 Å². The number of benzene rings is 1. The molecule has 0 heterocycles. The minimum Gasteiger partial charge on any atom is -0.478 e. The number of hydrogen-bond donors (Lipinski definition) is 2. The van der Waals surface area contributed by atoms with Crippen LogP contribution in [-0.4, -0.2) is 24.0 Å². The van der Waals surface area contributed by atoms with Crippen LogP contribution in [0.25, 0.3) is 6.08 Å². The first-order chi connectivity index (χ1) is 6.88. The van der Waals surface area contributed by atoms with E-state index < -0.39 is 16.1 Å². The molecule has 0 bridgehead atoms. The van der Waals surface area contributed by atoms with Crippen molar-refractivity contribution in [2.45, 2.75) is 0 Å². The van der Waals surface area contributed by atoms with E-state index in [-0.39, 0.29) is 5.56 Å². The summed E-state index contributed by atoms with van der Waals surface area (Å²) in [6, 6.07) is 5.55. The van der Waals surface area contributed by atoms with Crippen molar-refractivity contribution in [2.24, 2.45) is 0 Å². The highest BCUT2D eigenvalue weighted by molar-refractivity contribution is 7.88. The van der Waals surface area contributed by atoms with Crippen molar-refractivity contribution in [1.82, 2.24) is 0 Å². The second kappa shape index (κ2) is 4.24. The smallest absolute Gasteiger partial charge is 0.335 e. The van der Waals surface area contributed by atoms with E-state index in [9.17, 15) is 13.2 Å². The van der Waals surface area contributed by atoms with E-state index in [1.165, 1.54) is 30.3 Å². The van der Waals surface area contributed by atoms with Gasteiger partial charge in [0.15, 0.2) is 0 Å². The van der Waals surface area contributed by atoms with Crippen LogP contribution in [0.3, 0.4) is 0 Å². The molecule has 0 amide bonds. The number of carbonyl (C=O) groups is 1. The molecule has 15 heavy (non-hydrogen) atoms. The predicted octanol–water partition coefficient (Wildman–Crippen LogP) is 1.24. The summed E-state index contributed by atoms with van der Waals surface area (Å²) in [5, 5.41) is 9.21. The van der Waals surface area contributed by atoms with Crippen molar-refractivity contribution in [2.75, 3.05) is 0 Å². The molecule has 0 spiro atoms. The van der Waals surface area contributed by atoms with Gasteiger partial charge in [-0.1, -0.05) is 12.1 Å². The minimum atomic E-state index is -4.15. The van der Waals surface area contributed by atoms with Gasteiger partial charge < -0.3 is 5.11 Å². The SMILES string of the molecule is O=C(O)c1ccc(C=CS(=O)(=O)O)cc1. The Hall–Kier alpha value is -1.66. The van der Waals surface area contributed by atoms with E-state index in [4.69, 9.17) is 9.66 Å². The summed E-state index contributed by atoms with van der Waals surface area (Å²) < 4.78 is 29.1. The van der Waals surface area contributed by atoms with Gasteiger partial charge in [0.25, 0.3) is 10.1 Å². The lowest BCUT2D eigenvalue weighted by molar-refractivity contribution is 0.0697. The maximum Gasteiger partial charge on any atom is 0.335 e. The van der Waals surface area contributed by atoms with Crippen molar-refractivity contribution in [3.8, 4) is 0 Å². The fourth-order valence-corrected chi connectivity index (χ4v) is 1.23. The van der Waals surface area contributed by atoms with Crippen molar-refractivity contribution < 1.29 is 22.9 Å². The van der Waals surface area contributed by atoms with Gasteiger partial charge in [0.05, 0.1) is 11.0 Å². The Bertz CT molecular complexity index is 484.